The third-order valence-corrected chi connectivity index (χ3v) is 1.71. The minimum absolute atomic E-state index is 0.167. The quantitative estimate of drug-likeness (QED) is 0.496. The zero-order chi connectivity index (χ0) is 6.20. The van der Waals surface area contributed by atoms with Crippen LogP contribution in [0.2, 0.25) is 0 Å². The summed E-state index contributed by atoms with van der Waals surface area (Å²) in [6, 6.07) is 0. The van der Waals surface area contributed by atoms with Crippen LogP contribution in [0.4, 0.5) is 0 Å². The molecule has 1 fully saturated rings. The van der Waals surface area contributed by atoms with Gasteiger partial charge in [0.1, 0.15) is 5.60 Å². The van der Waals surface area contributed by atoms with Gasteiger partial charge in [0.25, 0.3) is 0 Å². The Balaban J connectivity index is 2.53. The molecule has 46 valence electrons. The largest absolute Gasteiger partial charge is 0.361 e. The lowest BCUT2D eigenvalue weighted by Crippen LogP contribution is -2.19. The van der Waals surface area contributed by atoms with Crippen LogP contribution in [0.5, 0.6) is 0 Å². The molecule has 0 aliphatic carbocycles. The van der Waals surface area contributed by atoms with E-state index in [1.807, 2.05) is 6.92 Å². The van der Waals surface area contributed by atoms with E-state index in [9.17, 15) is 4.79 Å². The third kappa shape index (κ3) is 0.650. The van der Waals surface area contributed by atoms with Gasteiger partial charge >= 0.3 is 0 Å². The molecule has 2 heteroatoms. The first-order chi connectivity index (χ1) is 3.71. The Morgan fingerprint density at radius 3 is 2.38 bits per heavy atom. The van der Waals surface area contributed by atoms with E-state index in [1.165, 1.54) is 0 Å². The Morgan fingerprint density at radius 2 is 2.38 bits per heavy atom. The van der Waals surface area contributed by atoms with E-state index in [-0.39, 0.29) is 11.4 Å². The summed E-state index contributed by atoms with van der Waals surface area (Å²) in [4.78, 5) is 10.6. The number of ether oxygens (including phenoxy) is 1. The van der Waals surface area contributed by atoms with Gasteiger partial charge < -0.3 is 4.74 Å². The van der Waals surface area contributed by atoms with Crippen LogP contribution in [-0.2, 0) is 9.53 Å². The Hall–Kier alpha value is -0.370. The molecule has 0 radical (unpaired) electrons. The lowest BCUT2D eigenvalue weighted by atomic mass is 10.0. The smallest absolute Gasteiger partial charge is 0.163 e. The lowest BCUT2D eigenvalue weighted by Gasteiger charge is -1.99. The molecule has 1 atom stereocenters. The van der Waals surface area contributed by atoms with Gasteiger partial charge in [-0.15, -0.1) is 0 Å². The summed E-state index contributed by atoms with van der Waals surface area (Å²) in [5.74, 6) is 0.167. The molecule has 0 unspecified atom stereocenters. The second-order valence-corrected chi connectivity index (χ2v) is 2.19. The molecule has 0 amide bonds. The van der Waals surface area contributed by atoms with Crippen LogP contribution < -0.4 is 0 Å². The van der Waals surface area contributed by atoms with Gasteiger partial charge in [0.05, 0.1) is 6.61 Å². The summed E-state index contributed by atoms with van der Waals surface area (Å²) in [6.45, 7) is 4.18. The molecule has 0 bridgehead atoms. The Kier molecular flexibility index (Phi) is 1.12. The average molecular weight is 114 g/mol. The maximum atomic E-state index is 10.6. The fourth-order valence-electron chi connectivity index (χ4n) is 0.743. The fraction of sp³-hybridized carbons (Fsp3) is 0.833. The van der Waals surface area contributed by atoms with Crippen molar-refractivity contribution < 1.29 is 9.53 Å². The number of Topliss-reactive ketones (excluding diaryl/α,β-unsaturated/α-hetero) is 1. The first kappa shape index (κ1) is 5.76. The van der Waals surface area contributed by atoms with Crippen LogP contribution in [0.1, 0.15) is 20.3 Å². The zero-order valence-electron chi connectivity index (χ0n) is 5.23. The van der Waals surface area contributed by atoms with E-state index >= 15 is 0 Å². The molecular weight excluding hydrogens is 104 g/mol. The van der Waals surface area contributed by atoms with Crippen molar-refractivity contribution in [1.29, 1.82) is 0 Å². The molecule has 0 aromatic rings. The highest BCUT2D eigenvalue weighted by molar-refractivity contribution is 5.87. The number of rotatable bonds is 2. The van der Waals surface area contributed by atoms with Crippen molar-refractivity contribution in [3.63, 3.8) is 0 Å². The Morgan fingerprint density at radius 1 is 1.88 bits per heavy atom. The molecule has 1 aliphatic rings. The number of epoxide rings is 1. The van der Waals surface area contributed by atoms with E-state index in [4.69, 9.17) is 4.74 Å². The summed E-state index contributed by atoms with van der Waals surface area (Å²) in [7, 11) is 0. The monoisotopic (exact) mass is 114 g/mol. The van der Waals surface area contributed by atoms with E-state index in [0.29, 0.717) is 6.61 Å². The SMILES string of the molecule is CC[C@@]1(C(C)=O)CO1. The predicted octanol–water partition coefficient (Wildman–Crippen LogP) is 0.754. The van der Waals surface area contributed by atoms with Crippen molar-refractivity contribution in [3.05, 3.63) is 0 Å². The topological polar surface area (TPSA) is 29.6 Å². The van der Waals surface area contributed by atoms with Crippen molar-refractivity contribution >= 4 is 5.78 Å². The number of carbonyl (C=O) groups is 1. The standard InChI is InChI=1S/C6H10O2/c1-3-6(4-8-6)5(2)7/h3-4H2,1-2H3/t6-/m0/s1. The van der Waals surface area contributed by atoms with Crippen molar-refractivity contribution in [3.8, 4) is 0 Å². The highest BCUT2D eigenvalue weighted by Crippen LogP contribution is 2.30. The summed E-state index contributed by atoms with van der Waals surface area (Å²) >= 11 is 0. The second kappa shape index (κ2) is 1.55. The lowest BCUT2D eigenvalue weighted by molar-refractivity contribution is -0.122. The van der Waals surface area contributed by atoms with Crippen molar-refractivity contribution in [2.45, 2.75) is 25.9 Å². The minimum Gasteiger partial charge on any atom is -0.361 e. The van der Waals surface area contributed by atoms with Gasteiger partial charge in [-0.3, -0.25) is 4.79 Å². The number of ketones is 1. The Labute approximate surface area is 48.8 Å². The molecule has 2 nitrogen and oxygen atoms in total. The maximum Gasteiger partial charge on any atom is 0.163 e. The number of hydrogen-bond donors (Lipinski definition) is 0. The molecule has 1 heterocycles. The molecule has 1 rings (SSSR count). The molecule has 0 aromatic carbocycles. The minimum atomic E-state index is -0.347. The Bertz CT molecular complexity index is 114. The average Bonchev–Trinajstić information content (AvgIpc) is 2.44. The highest BCUT2D eigenvalue weighted by atomic mass is 16.6. The van der Waals surface area contributed by atoms with Gasteiger partial charge in [-0.05, 0) is 13.3 Å². The highest BCUT2D eigenvalue weighted by Gasteiger charge is 2.47. The maximum absolute atomic E-state index is 10.6. The third-order valence-electron chi connectivity index (χ3n) is 1.71. The normalized spacial score (nSPS) is 34.8. The molecule has 1 saturated heterocycles. The van der Waals surface area contributed by atoms with Crippen LogP contribution >= 0.6 is 0 Å². The second-order valence-electron chi connectivity index (χ2n) is 2.19. The summed E-state index contributed by atoms with van der Waals surface area (Å²) in [5.41, 5.74) is -0.347. The van der Waals surface area contributed by atoms with Gasteiger partial charge in [0.2, 0.25) is 0 Å². The van der Waals surface area contributed by atoms with E-state index in [2.05, 4.69) is 0 Å². The summed E-state index contributed by atoms with van der Waals surface area (Å²) in [5, 5.41) is 0. The van der Waals surface area contributed by atoms with Gasteiger partial charge in [0.15, 0.2) is 5.78 Å². The van der Waals surface area contributed by atoms with Gasteiger partial charge in [-0.1, -0.05) is 6.92 Å². The molecule has 0 N–H and O–H groups in total. The van der Waals surface area contributed by atoms with Crippen LogP contribution in [0.15, 0.2) is 0 Å². The van der Waals surface area contributed by atoms with Crippen molar-refractivity contribution in [2.24, 2.45) is 0 Å². The van der Waals surface area contributed by atoms with Crippen molar-refractivity contribution in [2.75, 3.05) is 6.61 Å². The molecule has 0 spiro atoms. The van der Waals surface area contributed by atoms with Gasteiger partial charge in [0, 0.05) is 0 Å². The van der Waals surface area contributed by atoms with Crippen LogP contribution in [0.3, 0.4) is 0 Å². The van der Waals surface area contributed by atoms with Crippen LogP contribution in [0, 0.1) is 0 Å². The number of hydrogen-bond acceptors (Lipinski definition) is 2. The van der Waals surface area contributed by atoms with E-state index < -0.39 is 0 Å². The van der Waals surface area contributed by atoms with E-state index in [0.717, 1.165) is 6.42 Å². The molecular formula is C6H10O2. The van der Waals surface area contributed by atoms with Crippen LogP contribution in [0.25, 0.3) is 0 Å². The fourth-order valence-corrected chi connectivity index (χ4v) is 0.743. The van der Waals surface area contributed by atoms with Crippen molar-refractivity contribution in [1.82, 2.24) is 0 Å². The van der Waals surface area contributed by atoms with E-state index in [1.54, 1.807) is 6.92 Å². The first-order valence-corrected chi connectivity index (χ1v) is 2.86. The number of carbonyl (C=O) groups excluding carboxylic acids is 1. The first-order valence-electron chi connectivity index (χ1n) is 2.86. The molecule has 0 aromatic heterocycles. The zero-order valence-corrected chi connectivity index (χ0v) is 5.23. The van der Waals surface area contributed by atoms with Crippen LogP contribution in [-0.4, -0.2) is 18.0 Å². The summed E-state index contributed by atoms with van der Waals surface area (Å²) in [6.07, 6.45) is 0.822. The van der Waals surface area contributed by atoms with Gasteiger partial charge in [-0.25, -0.2) is 0 Å². The molecule has 1 aliphatic heterocycles. The summed E-state index contributed by atoms with van der Waals surface area (Å²) < 4.78 is 4.96. The molecule has 8 heavy (non-hydrogen) atoms. The van der Waals surface area contributed by atoms with Gasteiger partial charge in [-0.2, -0.15) is 0 Å². The predicted molar refractivity (Wildman–Crippen MR) is 29.7 cm³/mol. The molecule has 0 saturated carbocycles.